The first-order chi connectivity index (χ1) is 12.3. The van der Waals surface area contributed by atoms with E-state index in [0.717, 1.165) is 37.8 Å². The van der Waals surface area contributed by atoms with E-state index in [1.54, 1.807) is 11.0 Å². The lowest BCUT2D eigenvalue weighted by Crippen LogP contribution is -2.60. The van der Waals surface area contributed by atoms with Crippen LogP contribution >= 0.6 is 0 Å². The highest BCUT2D eigenvalue weighted by Gasteiger charge is 2.43. The molecule has 142 valence electrons. The fourth-order valence-corrected chi connectivity index (χ4v) is 4.17. The lowest BCUT2D eigenvalue weighted by Gasteiger charge is -2.46. The van der Waals surface area contributed by atoms with Gasteiger partial charge in [-0.25, -0.2) is 4.79 Å². The number of likely N-dealkylation sites (tertiary alicyclic amines) is 1. The molecule has 0 spiro atoms. The molecule has 3 atom stereocenters. The van der Waals surface area contributed by atoms with Crippen molar-refractivity contribution in [3.05, 3.63) is 35.4 Å². The summed E-state index contributed by atoms with van der Waals surface area (Å²) in [6.45, 7) is 0.0981. The number of nitrogens with zero attached hydrogens (tertiary/aromatic N) is 1. The Morgan fingerprint density at radius 1 is 1.27 bits per heavy atom. The highest BCUT2D eigenvalue weighted by molar-refractivity contribution is 5.87. The number of rotatable bonds is 3. The Morgan fingerprint density at radius 2 is 2.00 bits per heavy atom. The van der Waals surface area contributed by atoms with Crippen LogP contribution in [0.5, 0.6) is 0 Å². The number of hydrogen-bond donors (Lipinski definition) is 2. The van der Waals surface area contributed by atoms with Crippen molar-refractivity contribution in [2.75, 3.05) is 0 Å². The largest absolute Gasteiger partial charge is 0.416 e. The number of fused-ring (bicyclic) bond motifs is 1. The van der Waals surface area contributed by atoms with E-state index in [1.165, 1.54) is 6.07 Å². The highest BCUT2D eigenvalue weighted by Crippen LogP contribution is 2.37. The summed E-state index contributed by atoms with van der Waals surface area (Å²) in [6.07, 6.45) is -0.0823. The number of alkyl halides is 3. The van der Waals surface area contributed by atoms with Gasteiger partial charge < -0.3 is 16.0 Å². The lowest BCUT2D eigenvalue weighted by molar-refractivity contribution is -0.143. The third kappa shape index (κ3) is 3.94. The van der Waals surface area contributed by atoms with Gasteiger partial charge in [0.1, 0.15) is 6.04 Å². The number of hydrogen-bond acceptors (Lipinski definition) is 2. The summed E-state index contributed by atoms with van der Waals surface area (Å²) in [7, 11) is 0. The Hall–Kier alpha value is -2.25. The maximum atomic E-state index is 13.0. The van der Waals surface area contributed by atoms with Gasteiger partial charge in [-0.1, -0.05) is 25.0 Å². The molecular formula is C18H22F3N3O2. The molecule has 2 aliphatic rings. The van der Waals surface area contributed by atoms with Gasteiger partial charge in [0.2, 0.25) is 5.91 Å². The van der Waals surface area contributed by atoms with Crippen LogP contribution in [-0.4, -0.2) is 28.9 Å². The van der Waals surface area contributed by atoms with Crippen molar-refractivity contribution >= 4 is 11.9 Å². The third-order valence-corrected chi connectivity index (χ3v) is 5.31. The highest BCUT2D eigenvalue weighted by atomic mass is 19.4. The first-order valence-corrected chi connectivity index (χ1v) is 8.78. The Balaban J connectivity index is 1.85. The van der Waals surface area contributed by atoms with Crippen molar-refractivity contribution in [3.63, 3.8) is 0 Å². The van der Waals surface area contributed by atoms with Crippen molar-refractivity contribution in [2.45, 2.75) is 56.9 Å². The maximum Gasteiger partial charge on any atom is 0.416 e. The molecule has 1 aromatic carbocycles. The average molecular weight is 369 g/mol. The van der Waals surface area contributed by atoms with Crippen LogP contribution in [-0.2, 0) is 17.5 Å². The molecule has 1 saturated heterocycles. The molecule has 0 unspecified atom stereocenters. The van der Waals surface area contributed by atoms with Gasteiger partial charge in [-0.15, -0.1) is 0 Å². The number of nitrogens with one attached hydrogen (secondary N) is 1. The van der Waals surface area contributed by atoms with Crippen LogP contribution in [0.3, 0.4) is 0 Å². The molecule has 8 heteroatoms. The molecule has 2 fully saturated rings. The maximum absolute atomic E-state index is 13.0. The van der Waals surface area contributed by atoms with Crippen LogP contribution in [0, 0.1) is 5.92 Å². The number of carbonyl (C=O) groups excluding carboxylic acids is 2. The van der Waals surface area contributed by atoms with Gasteiger partial charge in [-0.05, 0) is 42.9 Å². The minimum absolute atomic E-state index is 0.00304. The Bertz CT molecular complexity index is 693. The molecule has 1 aliphatic carbocycles. The Labute approximate surface area is 149 Å². The van der Waals surface area contributed by atoms with E-state index in [1.807, 2.05) is 0 Å². The summed E-state index contributed by atoms with van der Waals surface area (Å²) in [6, 6.07) is 3.56. The van der Waals surface area contributed by atoms with Crippen molar-refractivity contribution in [1.82, 2.24) is 10.2 Å². The van der Waals surface area contributed by atoms with Gasteiger partial charge in [0.25, 0.3) is 0 Å². The monoisotopic (exact) mass is 369 g/mol. The summed E-state index contributed by atoms with van der Waals surface area (Å²) in [5.74, 6) is -0.0477. The van der Waals surface area contributed by atoms with Crippen molar-refractivity contribution in [1.29, 1.82) is 0 Å². The first-order valence-electron chi connectivity index (χ1n) is 8.78. The summed E-state index contributed by atoms with van der Waals surface area (Å²) in [5.41, 5.74) is 4.87. The quantitative estimate of drug-likeness (QED) is 0.859. The smallest absolute Gasteiger partial charge is 0.352 e. The Kier molecular flexibility index (Phi) is 5.11. The number of piperidine rings is 1. The van der Waals surface area contributed by atoms with Crippen LogP contribution in [0.25, 0.3) is 0 Å². The van der Waals surface area contributed by atoms with E-state index in [0.29, 0.717) is 12.0 Å². The van der Waals surface area contributed by atoms with Crippen molar-refractivity contribution in [3.8, 4) is 0 Å². The number of benzene rings is 1. The first kappa shape index (κ1) is 18.5. The number of halogens is 3. The lowest BCUT2D eigenvalue weighted by atomic mass is 9.76. The molecule has 1 aromatic rings. The van der Waals surface area contributed by atoms with Crippen LogP contribution < -0.4 is 11.1 Å². The molecule has 0 radical (unpaired) electrons. The summed E-state index contributed by atoms with van der Waals surface area (Å²) < 4.78 is 38.9. The second-order valence-corrected chi connectivity index (χ2v) is 7.07. The van der Waals surface area contributed by atoms with E-state index >= 15 is 0 Å². The zero-order valence-electron chi connectivity index (χ0n) is 14.3. The SMILES string of the molecule is NC(=O)N[C@@H]1C[C@@H]2CCCC[C@H]2N(Cc2cccc(C(F)(F)F)c2)C1=O. The molecule has 3 rings (SSSR count). The summed E-state index contributed by atoms with van der Waals surface area (Å²) in [4.78, 5) is 25.7. The standard InChI is InChI=1S/C18H22F3N3O2/c19-18(20,21)13-6-3-4-11(8-13)10-24-15-7-2-1-5-12(15)9-14(16(24)25)23-17(22)26/h3-4,6,8,12,14-15H,1-2,5,7,9-10H2,(H3,22,23,26)/t12-,14+,15+/m0/s1. The molecule has 0 bridgehead atoms. The van der Waals surface area contributed by atoms with Crippen LogP contribution in [0.1, 0.15) is 43.2 Å². The second kappa shape index (κ2) is 7.17. The van der Waals surface area contributed by atoms with Gasteiger partial charge in [-0.2, -0.15) is 13.2 Å². The molecule has 1 heterocycles. The fraction of sp³-hybridized carbons (Fsp3) is 0.556. The summed E-state index contributed by atoms with van der Waals surface area (Å²) in [5, 5.41) is 2.48. The molecular weight excluding hydrogens is 347 g/mol. The third-order valence-electron chi connectivity index (χ3n) is 5.31. The molecule has 0 aromatic heterocycles. The molecule has 5 nitrogen and oxygen atoms in total. The predicted octanol–water partition coefficient (Wildman–Crippen LogP) is 3.03. The number of urea groups is 1. The van der Waals surface area contributed by atoms with Crippen LogP contribution in [0.4, 0.5) is 18.0 Å². The van der Waals surface area contributed by atoms with E-state index in [9.17, 15) is 22.8 Å². The minimum atomic E-state index is -4.43. The zero-order chi connectivity index (χ0) is 18.9. The van der Waals surface area contributed by atoms with Gasteiger partial charge >= 0.3 is 12.2 Å². The second-order valence-electron chi connectivity index (χ2n) is 7.07. The van der Waals surface area contributed by atoms with Gasteiger partial charge in [-0.3, -0.25) is 4.79 Å². The fourth-order valence-electron chi connectivity index (χ4n) is 4.17. The van der Waals surface area contributed by atoms with Crippen LogP contribution in [0.2, 0.25) is 0 Å². The number of nitrogens with two attached hydrogens (primary N) is 1. The van der Waals surface area contributed by atoms with Gasteiger partial charge in [0, 0.05) is 12.6 Å². The number of primary amides is 1. The normalized spacial score (nSPS) is 26.3. The summed E-state index contributed by atoms with van der Waals surface area (Å²) >= 11 is 0. The topological polar surface area (TPSA) is 75.4 Å². The molecule has 1 aliphatic heterocycles. The predicted molar refractivity (Wildman–Crippen MR) is 88.9 cm³/mol. The minimum Gasteiger partial charge on any atom is -0.352 e. The van der Waals surface area contributed by atoms with Gasteiger partial charge in [0.05, 0.1) is 5.56 Å². The molecule has 3 amide bonds. The molecule has 1 saturated carbocycles. The van der Waals surface area contributed by atoms with Crippen molar-refractivity contribution in [2.24, 2.45) is 11.7 Å². The van der Waals surface area contributed by atoms with E-state index in [2.05, 4.69) is 5.32 Å². The van der Waals surface area contributed by atoms with Crippen LogP contribution in [0.15, 0.2) is 24.3 Å². The molecule has 26 heavy (non-hydrogen) atoms. The zero-order valence-corrected chi connectivity index (χ0v) is 14.3. The average Bonchev–Trinajstić information content (AvgIpc) is 2.57. The van der Waals surface area contributed by atoms with Crippen molar-refractivity contribution < 1.29 is 22.8 Å². The van der Waals surface area contributed by atoms with Gasteiger partial charge in [0.15, 0.2) is 0 Å². The van der Waals surface area contributed by atoms with E-state index in [4.69, 9.17) is 5.73 Å². The van der Waals surface area contributed by atoms with E-state index < -0.39 is 23.8 Å². The number of carbonyl (C=O) groups is 2. The molecule has 3 N–H and O–H groups in total. The van der Waals surface area contributed by atoms with E-state index in [-0.39, 0.29) is 24.4 Å². The number of amides is 3. The Morgan fingerprint density at radius 3 is 2.69 bits per heavy atom.